The van der Waals surface area contributed by atoms with Crippen molar-refractivity contribution in [2.45, 2.75) is 34.1 Å². The third kappa shape index (κ3) is 4.13. The predicted octanol–water partition coefficient (Wildman–Crippen LogP) is 4.33. The number of rotatable bonds is 6. The van der Waals surface area contributed by atoms with Gasteiger partial charge in [0.1, 0.15) is 0 Å². The molecule has 2 aromatic carbocycles. The topological polar surface area (TPSA) is 32.3 Å². The van der Waals surface area contributed by atoms with E-state index in [4.69, 9.17) is 0 Å². The van der Waals surface area contributed by atoms with Crippen molar-refractivity contribution in [3.05, 3.63) is 59.2 Å². The van der Waals surface area contributed by atoms with E-state index >= 15 is 0 Å². The van der Waals surface area contributed by atoms with Gasteiger partial charge in [-0.15, -0.1) is 0 Å². The first-order valence-corrected chi connectivity index (χ1v) is 8.26. The second-order valence-corrected chi connectivity index (χ2v) is 5.79. The molecule has 0 aliphatic heterocycles. The highest BCUT2D eigenvalue weighted by molar-refractivity contribution is 5.96. The Balaban J connectivity index is 2.12. The third-order valence-electron chi connectivity index (χ3n) is 4.09. The molecule has 23 heavy (non-hydrogen) atoms. The lowest BCUT2D eigenvalue weighted by molar-refractivity contribution is -0.116. The summed E-state index contributed by atoms with van der Waals surface area (Å²) in [5.41, 5.74) is 5.63. The predicted molar refractivity (Wildman–Crippen MR) is 98.3 cm³/mol. The first kappa shape index (κ1) is 17.1. The van der Waals surface area contributed by atoms with E-state index in [0.29, 0.717) is 13.1 Å². The van der Waals surface area contributed by atoms with E-state index in [1.54, 1.807) is 0 Å². The molecule has 0 fully saturated rings. The Kier molecular flexibility index (Phi) is 5.80. The minimum Gasteiger partial charge on any atom is -0.376 e. The van der Waals surface area contributed by atoms with Gasteiger partial charge in [-0.05, 0) is 56.0 Å². The van der Waals surface area contributed by atoms with Crippen molar-refractivity contribution in [2.75, 3.05) is 23.3 Å². The zero-order chi connectivity index (χ0) is 16.8. The van der Waals surface area contributed by atoms with Gasteiger partial charge < -0.3 is 10.2 Å². The van der Waals surface area contributed by atoms with E-state index in [0.717, 1.165) is 23.4 Å². The van der Waals surface area contributed by atoms with Gasteiger partial charge in [-0.1, -0.05) is 37.3 Å². The SMILES string of the molecule is CCc1cccc(C)c1NCC(=O)N(CC)c1cccc(C)c1. The number of nitrogens with zero attached hydrogens (tertiary/aromatic N) is 1. The van der Waals surface area contributed by atoms with E-state index in [-0.39, 0.29) is 5.91 Å². The number of aryl methyl sites for hydroxylation is 3. The number of para-hydroxylation sites is 1. The Labute approximate surface area is 139 Å². The van der Waals surface area contributed by atoms with Gasteiger partial charge in [0, 0.05) is 17.9 Å². The molecule has 0 saturated heterocycles. The maximum atomic E-state index is 12.6. The highest BCUT2D eigenvalue weighted by Crippen LogP contribution is 2.21. The Hall–Kier alpha value is -2.29. The Bertz CT molecular complexity index is 679. The summed E-state index contributed by atoms with van der Waals surface area (Å²) in [5.74, 6) is 0.0865. The second-order valence-electron chi connectivity index (χ2n) is 5.79. The highest BCUT2D eigenvalue weighted by atomic mass is 16.2. The van der Waals surface area contributed by atoms with Gasteiger partial charge in [0.15, 0.2) is 0 Å². The van der Waals surface area contributed by atoms with E-state index in [1.165, 1.54) is 11.1 Å². The molecule has 0 heterocycles. The lowest BCUT2D eigenvalue weighted by Crippen LogP contribution is -2.35. The van der Waals surface area contributed by atoms with Crippen LogP contribution in [0, 0.1) is 13.8 Å². The number of carbonyl (C=O) groups excluding carboxylic acids is 1. The van der Waals surface area contributed by atoms with Crippen LogP contribution in [0.15, 0.2) is 42.5 Å². The molecule has 0 aliphatic rings. The van der Waals surface area contributed by atoms with Crippen molar-refractivity contribution in [2.24, 2.45) is 0 Å². The van der Waals surface area contributed by atoms with Crippen LogP contribution >= 0.6 is 0 Å². The minimum absolute atomic E-state index is 0.0865. The van der Waals surface area contributed by atoms with Gasteiger partial charge in [-0.3, -0.25) is 4.79 Å². The Morgan fingerprint density at radius 1 is 1.09 bits per heavy atom. The van der Waals surface area contributed by atoms with Gasteiger partial charge in [0.05, 0.1) is 6.54 Å². The summed E-state index contributed by atoms with van der Waals surface area (Å²) >= 11 is 0. The van der Waals surface area contributed by atoms with Crippen molar-refractivity contribution >= 4 is 17.3 Å². The molecule has 2 rings (SSSR count). The van der Waals surface area contributed by atoms with Gasteiger partial charge in [-0.2, -0.15) is 0 Å². The lowest BCUT2D eigenvalue weighted by Gasteiger charge is -2.23. The van der Waals surface area contributed by atoms with Crippen molar-refractivity contribution in [3.8, 4) is 0 Å². The van der Waals surface area contributed by atoms with E-state index in [9.17, 15) is 4.79 Å². The van der Waals surface area contributed by atoms with Crippen LogP contribution < -0.4 is 10.2 Å². The maximum absolute atomic E-state index is 12.6. The van der Waals surface area contributed by atoms with Crippen molar-refractivity contribution in [1.82, 2.24) is 0 Å². The Morgan fingerprint density at radius 3 is 2.48 bits per heavy atom. The quantitative estimate of drug-likeness (QED) is 0.861. The highest BCUT2D eigenvalue weighted by Gasteiger charge is 2.14. The van der Waals surface area contributed by atoms with E-state index in [2.05, 4.69) is 37.4 Å². The molecule has 122 valence electrons. The fraction of sp³-hybridized carbons (Fsp3) is 0.350. The normalized spacial score (nSPS) is 10.4. The average molecular weight is 310 g/mol. The summed E-state index contributed by atoms with van der Waals surface area (Å²) in [5, 5.41) is 3.34. The number of hydrogen-bond acceptors (Lipinski definition) is 2. The average Bonchev–Trinajstić information content (AvgIpc) is 2.54. The van der Waals surface area contributed by atoms with Crippen LogP contribution in [0.4, 0.5) is 11.4 Å². The smallest absolute Gasteiger partial charge is 0.246 e. The molecule has 0 atom stereocenters. The molecular formula is C20H26N2O. The van der Waals surface area contributed by atoms with Crippen LogP contribution in [0.5, 0.6) is 0 Å². The molecule has 0 bridgehead atoms. The van der Waals surface area contributed by atoms with Crippen molar-refractivity contribution < 1.29 is 4.79 Å². The molecule has 0 saturated carbocycles. The number of amides is 1. The number of carbonyl (C=O) groups is 1. The first-order valence-electron chi connectivity index (χ1n) is 8.26. The standard InChI is InChI=1S/C20H26N2O/c1-5-17-11-8-10-16(4)20(17)21-14-19(23)22(6-2)18-12-7-9-15(3)13-18/h7-13,21H,5-6,14H2,1-4H3. The third-order valence-corrected chi connectivity index (χ3v) is 4.09. The molecule has 0 unspecified atom stereocenters. The van der Waals surface area contributed by atoms with Crippen LogP contribution in [0.25, 0.3) is 0 Å². The van der Waals surface area contributed by atoms with Crippen LogP contribution in [0.3, 0.4) is 0 Å². The molecule has 0 radical (unpaired) electrons. The number of anilines is 2. The van der Waals surface area contributed by atoms with Gasteiger partial charge in [-0.25, -0.2) is 0 Å². The first-order chi connectivity index (χ1) is 11.1. The summed E-state index contributed by atoms with van der Waals surface area (Å²) in [7, 11) is 0. The fourth-order valence-corrected chi connectivity index (χ4v) is 2.83. The zero-order valence-corrected chi connectivity index (χ0v) is 14.5. The number of benzene rings is 2. The molecule has 0 aromatic heterocycles. The van der Waals surface area contributed by atoms with Gasteiger partial charge in [0.25, 0.3) is 0 Å². The van der Waals surface area contributed by atoms with Crippen LogP contribution in [0.2, 0.25) is 0 Å². The van der Waals surface area contributed by atoms with E-state index < -0.39 is 0 Å². The molecule has 3 heteroatoms. The molecule has 3 nitrogen and oxygen atoms in total. The fourth-order valence-electron chi connectivity index (χ4n) is 2.83. The van der Waals surface area contributed by atoms with Crippen LogP contribution in [-0.4, -0.2) is 19.0 Å². The molecule has 0 spiro atoms. The van der Waals surface area contributed by atoms with E-state index in [1.807, 2.05) is 43.0 Å². The molecule has 0 aliphatic carbocycles. The second kappa shape index (κ2) is 7.82. The Morgan fingerprint density at radius 2 is 1.83 bits per heavy atom. The molecule has 1 N–H and O–H groups in total. The monoisotopic (exact) mass is 310 g/mol. The maximum Gasteiger partial charge on any atom is 0.246 e. The summed E-state index contributed by atoms with van der Waals surface area (Å²) in [6, 6.07) is 14.3. The van der Waals surface area contributed by atoms with Crippen molar-refractivity contribution in [3.63, 3.8) is 0 Å². The number of likely N-dealkylation sites (N-methyl/N-ethyl adjacent to an activating group) is 1. The molecule has 2 aromatic rings. The molecular weight excluding hydrogens is 284 g/mol. The minimum atomic E-state index is 0.0865. The zero-order valence-electron chi connectivity index (χ0n) is 14.5. The summed E-state index contributed by atoms with van der Waals surface area (Å²) < 4.78 is 0. The van der Waals surface area contributed by atoms with Gasteiger partial charge in [0.2, 0.25) is 5.91 Å². The largest absolute Gasteiger partial charge is 0.376 e. The summed E-state index contributed by atoms with van der Waals surface area (Å²) in [4.78, 5) is 14.5. The van der Waals surface area contributed by atoms with Crippen molar-refractivity contribution in [1.29, 1.82) is 0 Å². The number of nitrogens with one attached hydrogen (secondary N) is 1. The number of hydrogen-bond donors (Lipinski definition) is 1. The molecule has 1 amide bonds. The summed E-state index contributed by atoms with van der Waals surface area (Å²) in [6.45, 7) is 9.22. The van der Waals surface area contributed by atoms with Crippen LogP contribution in [0.1, 0.15) is 30.5 Å². The van der Waals surface area contributed by atoms with Crippen LogP contribution in [-0.2, 0) is 11.2 Å². The van der Waals surface area contributed by atoms with Gasteiger partial charge >= 0.3 is 0 Å². The lowest BCUT2D eigenvalue weighted by atomic mass is 10.1. The summed E-state index contributed by atoms with van der Waals surface area (Å²) in [6.07, 6.45) is 0.952.